The molecule has 0 aliphatic carbocycles. The molecular weight excluding hydrogens is 418 g/mol. The Morgan fingerprint density at radius 1 is 1.29 bits per heavy atom. The van der Waals surface area contributed by atoms with Crippen LogP contribution in [0.1, 0.15) is 26.3 Å². The molecule has 0 unspecified atom stereocenters. The summed E-state index contributed by atoms with van der Waals surface area (Å²) in [6, 6.07) is 12.0. The molecule has 0 atom stereocenters. The molecule has 3 aromatic rings. The molecule has 0 radical (unpaired) electrons. The van der Waals surface area contributed by atoms with E-state index in [0.29, 0.717) is 18.2 Å². The fraction of sp³-hybridized carbons (Fsp3) is 0.261. The highest BCUT2D eigenvalue weighted by Crippen LogP contribution is 2.37. The molecule has 0 saturated heterocycles. The molecule has 0 bridgehead atoms. The van der Waals surface area contributed by atoms with E-state index in [1.807, 2.05) is 37.3 Å². The molecule has 4 nitrogen and oxygen atoms in total. The van der Waals surface area contributed by atoms with Crippen molar-refractivity contribution in [3.8, 4) is 16.9 Å². The van der Waals surface area contributed by atoms with E-state index in [1.165, 1.54) is 0 Å². The molecule has 0 saturated carbocycles. The van der Waals surface area contributed by atoms with Gasteiger partial charge in [0.1, 0.15) is 11.3 Å². The van der Waals surface area contributed by atoms with Crippen molar-refractivity contribution in [2.24, 2.45) is 5.92 Å². The van der Waals surface area contributed by atoms with Crippen LogP contribution in [0, 0.1) is 5.92 Å². The number of amides is 1. The van der Waals surface area contributed by atoms with Gasteiger partial charge in [-0.2, -0.15) is 0 Å². The molecular formula is C23H24BrNO3. The second kappa shape index (κ2) is 8.65. The summed E-state index contributed by atoms with van der Waals surface area (Å²) in [5, 5.41) is 3.89. The van der Waals surface area contributed by atoms with Crippen LogP contribution in [0.15, 0.2) is 57.6 Å². The summed E-state index contributed by atoms with van der Waals surface area (Å²) in [5.41, 5.74) is 4.50. The van der Waals surface area contributed by atoms with Crippen LogP contribution in [-0.4, -0.2) is 19.6 Å². The summed E-state index contributed by atoms with van der Waals surface area (Å²) in [6.07, 6.45) is 3.37. The van der Waals surface area contributed by atoms with Crippen LogP contribution in [0.3, 0.4) is 0 Å². The third-order valence-corrected chi connectivity index (χ3v) is 4.98. The van der Waals surface area contributed by atoms with Gasteiger partial charge in [0.15, 0.2) is 0 Å². The maximum absolute atomic E-state index is 12.2. The number of benzene rings is 2. The molecule has 5 heteroatoms. The van der Waals surface area contributed by atoms with Crippen molar-refractivity contribution in [1.29, 1.82) is 0 Å². The van der Waals surface area contributed by atoms with Gasteiger partial charge in [-0.25, -0.2) is 0 Å². The van der Waals surface area contributed by atoms with Crippen molar-refractivity contribution >= 4 is 38.4 Å². The van der Waals surface area contributed by atoms with Crippen molar-refractivity contribution in [2.45, 2.75) is 20.8 Å². The number of hydrogen-bond donors (Lipinski definition) is 1. The van der Waals surface area contributed by atoms with Crippen LogP contribution in [0.25, 0.3) is 27.7 Å². The van der Waals surface area contributed by atoms with Gasteiger partial charge in [-0.15, -0.1) is 0 Å². The van der Waals surface area contributed by atoms with Gasteiger partial charge < -0.3 is 14.5 Å². The number of nitrogens with one attached hydrogen (secondary N) is 1. The maximum atomic E-state index is 12.2. The predicted octanol–water partition coefficient (Wildman–Crippen LogP) is 6.05. The molecule has 0 aliphatic rings. The van der Waals surface area contributed by atoms with Gasteiger partial charge in [-0.1, -0.05) is 41.9 Å². The zero-order valence-electron chi connectivity index (χ0n) is 16.5. The fourth-order valence-corrected chi connectivity index (χ4v) is 3.44. The Bertz CT molecular complexity index is 1030. The standard InChI is InChI=1S/C23H24BrNO3/c1-14(2)12-25-23(26)8-15(3)18-10-19-20(16-6-5-7-17(24)9-16)13-28-22(19)11-21(18)27-4/h5-11,13-14H,12H2,1-4H3,(H,25,26)/b15-8+. The molecule has 3 rings (SSSR count). The van der Waals surface area contributed by atoms with Crippen molar-refractivity contribution in [1.82, 2.24) is 5.32 Å². The number of halogens is 1. The molecule has 0 aliphatic heterocycles. The maximum Gasteiger partial charge on any atom is 0.244 e. The smallest absolute Gasteiger partial charge is 0.244 e. The molecule has 1 aromatic heterocycles. The van der Waals surface area contributed by atoms with Gasteiger partial charge in [-0.3, -0.25) is 4.79 Å². The highest BCUT2D eigenvalue weighted by atomic mass is 79.9. The zero-order valence-corrected chi connectivity index (χ0v) is 18.1. The minimum absolute atomic E-state index is 0.104. The summed E-state index contributed by atoms with van der Waals surface area (Å²) in [4.78, 5) is 12.2. The summed E-state index contributed by atoms with van der Waals surface area (Å²) in [7, 11) is 1.62. The topological polar surface area (TPSA) is 51.5 Å². The molecule has 1 amide bonds. The average molecular weight is 442 g/mol. The van der Waals surface area contributed by atoms with E-state index in [4.69, 9.17) is 9.15 Å². The number of rotatable bonds is 6. The first-order valence-electron chi connectivity index (χ1n) is 9.20. The van der Waals surface area contributed by atoms with Crippen LogP contribution >= 0.6 is 15.9 Å². The number of ether oxygens (including phenoxy) is 1. The highest BCUT2D eigenvalue weighted by Gasteiger charge is 2.15. The third kappa shape index (κ3) is 4.47. The SMILES string of the molecule is COc1cc2occ(-c3cccc(Br)c3)c2cc1/C(C)=C/C(=O)NCC(C)C. The number of fused-ring (bicyclic) bond motifs is 1. The Kier molecular flexibility index (Phi) is 6.25. The molecule has 146 valence electrons. The number of hydrogen-bond acceptors (Lipinski definition) is 3. The van der Waals surface area contributed by atoms with Gasteiger partial charge in [0.05, 0.1) is 13.4 Å². The minimum atomic E-state index is -0.104. The van der Waals surface area contributed by atoms with Gasteiger partial charge in [0, 0.05) is 39.7 Å². The van der Waals surface area contributed by atoms with Gasteiger partial charge in [-0.05, 0) is 42.2 Å². The van der Waals surface area contributed by atoms with E-state index < -0.39 is 0 Å². The monoisotopic (exact) mass is 441 g/mol. The largest absolute Gasteiger partial charge is 0.496 e. The number of methoxy groups -OCH3 is 1. The Morgan fingerprint density at radius 2 is 2.07 bits per heavy atom. The fourth-order valence-electron chi connectivity index (χ4n) is 3.04. The van der Waals surface area contributed by atoms with Gasteiger partial charge in [0.25, 0.3) is 0 Å². The Labute approximate surface area is 173 Å². The Balaban J connectivity index is 2.04. The lowest BCUT2D eigenvalue weighted by molar-refractivity contribution is -0.116. The van der Waals surface area contributed by atoms with Crippen LogP contribution in [0.4, 0.5) is 0 Å². The lowest BCUT2D eigenvalue weighted by atomic mass is 9.99. The van der Waals surface area contributed by atoms with Crippen LogP contribution in [0.2, 0.25) is 0 Å². The van der Waals surface area contributed by atoms with E-state index >= 15 is 0 Å². The number of allylic oxidation sites excluding steroid dienone is 1. The lowest BCUT2D eigenvalue weighted by Crippen LogP contribution is -2.25. The van der Waals surface area contributed by atoms with Crippen LogP contribution < -0.4 is 10.1 Å². The Morgan fingerprint density at radius 3 is 2.75 bits per heavy atom. The molecule has 28 heavy (non-hydrogen) atoms. The zero-order chi connectivity index (χ0) is 20.3. The third-order valence-electron chi connectivity index (χ3n) is 4.49. The first-order chi connectivity index (χ1) is 13.4. The molecule has 1 heterocycles. The van der Waals surface area contributed by atoms with E-state index in [9.17, 15) is 4.79 Å². The van der Waals surface area contributed by atoms with Crippen molar-refractivity contribution < 1.29 is 13.9 Å². The van der Waals surface area contributed by atoms with Gasteiger partial charge in [0.2, 0.25) is 5.91 Å². The molecule has 0 spiro atoms. The first kappa shape index (κ1) is 20.2. The Hall–Kier alpha value is -2.53. The highest BCUT2D eigenvalue weighted by molar-refractivity contribution is 9.10. The van der Waals surface area contributed by atoms with Gasteiger partial charge >= 0.3 is 0 Å². The quantitative estimate of drug-likeness (QED) is 0.473. The van der Waals surface area contributed by atoms with E-state index in [1.54, 1.807) is 19.4 Å². The van der Waals surface area contributed by atoms with E-state index in [0.717, 1.165) is 37.7 Å². The predicted molar refractivity (Wildman–Crippen MR) is 117 cm³/mol. The summed E-state index contributed by atoms with van der Waals surface area (Å²) < 4.78 is 12.3. The second-order valence-electron chi connectivity index (χ2n) is 7.17. The molecule has 1 N–H and O–H groups in total. The lowest BCUT2D eigenvalue weighted by Gasteiger charge is -2.11. The average Bonchev–Trinajstić information content (AvgIpc) is 3.08. The molecule has 0 fully saturated rings. The normalized spacial score (nSPS) is 11.9. The van der Waals surface area contributed by atoms with Crippen molar-refractivity contribution in [3.05, 3.63) is 58.8 Å². The summed E-state index contributed by atoms with van der Waals surface area (Å²) in [5.74, 6) is 0.975. The number of carbonyl (C=O) groups excluding carboxylic acids is 1. The minimum Gasteiger partial charge on any atom is -0.496 e. The second-order valence-corrected chi connectivity index (χ2v) is 8.09. The van der Waals surface area contributed by atoms with Crippen molar-refractivity contribution in [3.63, 3.8) is 0 Å². The van der Waals surface area contributed by atoms with E-state index in [2.05, 4.69) is 41.2 Å². The van der Waals surface area contributed by atoms with Crippen LogP contribution in [-0.2, 0) is 4.79 Å². The summed E-state index contributed by atoms with van der Waals surface area (Å²) >= 11 is 3.52. The number of carbonyl (C=O) groups is 1. The number of furan rings is 1. The summed E-state index contributed by atoms with van der Waals surface area (Å²) in [6.45, 7) is 6.69. The van der Waals surface area contributed by atoms with Crippen LogP contribution in [0.5, 0.6) is 5.75 Å². The first-order valence-corrected chi connectivity index (χ1v) is 10.00. The van der Waals surface area contributed by atoms with E-state index in [-0.39, 0.29) is 5.91 Å². The van der Waals surface area contributed by atoms with Crippen molar-refractivity contribution in [2.75, 3.05) is 13.7 Å². The molecule has 2 aromatic carbocycles.